The number of hydrogen-bond acceptors (Lipinski definition) is 7. The average Bonchev–Trinajstić information content (AvgIpc) is 2.73. The average molecular weight is 441 g/mol. The summed E-state index contributed by atoms with van der Waals surface area (Å²) in [5.41, 5.74) is 0.714. The molecule has 1 aliphatic heterocycles. The highest BCUT2D eigenvalue weighted by molar-refractivity contribution is 7.89. The molecule has 0 unspecified atom stereocenters. The number of ether oxygens (including phenoxy) is 1. The Morgan fingerprint density at radius 3 is 2.17 bits per heavy atom. The van der Waals surface area contributed by atoms with E-state index in [4.69, 9.17) is 4.74 Å². The molecule has 1 aromatic carbocycles. The summed E-state index contributed by atoms with van der Waals surface area (Å²) >= 11 is 0. The maximum absolute atomic E-state index is 12.6. The van der Waals surface area contributed by atoms with E-state index in [1.807, 2.05) is 19.0 Å². The highest BCUT2D eigenvalue weighted by Crippen LogP contribution is 2.19. The van der Waals surface area contributed by atoms with Crippen molar-refractivity contribution >= 4 is 25.9 Å². The Morgan fingerprint density at radius 2 is 1.62 bits per heavy atom. The van der Waals surface area contributed by atoms with Crippen molar-refractivity contribution in [1.29, 1.82) is 0 Å². The molecular formula is C18H24N4O5S2. The Labute approximate surface area is 171 Å². The molecule has 3 rings (SSSR count). The second-order valence-corrected chi connectivity index (χ2v) is 10.4. The van der Waals surface area contributed by atoms with E-state index in [9.17, 15) is 16.8 Å². The number of hydrogen-bond donors (Lipinski definition) is 1. The molecule has 1 N–H and O–H groups in total. The fourth-order valence-corrected chi connectivity index (χ4v) is 5.20. The lowest BCUT2D eigenvalue weighted by atomic mass is 10.3. The number of benzene rings is 1. The molecule has 158 valence electrons. The van der Waals surface area contributed by atoms with Crippen molar-refractivity contribution in [3.05, 3.63) is 48.2 Å². The number of aromatic nitrogens is 1. The van der Waals surface area contributed by atoms with Crippen LogP contribution in [0.15, 0.2) is 52.4 Å². The predicted molar refractivity (Wildman–Crippen MR) is 109 cm³/mol. The highest BCUT2D eigenvalue weighted by Gasteiger charge is 2.26. The molecule has 9 nitrogen and oxygen atoms in total. The molecule has 0 atom stereocenters. The van der Waals surface area contributed by atoms with Crippen molar-refractivity contribution in [2.45, 2.75) is 16.3 Å². The number of nitrogens with zero attached hydrogens (tertiary/aromatic N) is 3. The summed E-state index contributed by atoms with van der Waals surface area (Å²) in [5.74, 6) is 0.772. The van der Waals surface area contributed by atoms with E-state index in [-0.39, 0.29) is 29.4 Å². The van der Waals surface area contributed by atoms with Crippen molar-refractivity contribution in [3.8, 4) is 0 Å². The molecule has 1 aromatic heterocycles. The van der Waals surface area contributed by atoms with Crippen LogP contribution in [0.4, 0.5) is 5.82 Å². The third-order valence-corrected chi connectivity index (χ3v) is 7.81. The molecule has 2 heterocycles. The van der Waals surface area contributed by atoms with E-state index in [2.05, 4.69) is 9.71 Å². The summed E-state index contributed by atoms with van der Waals surface area (Å²) < 4.78 is 59.3. The van der Waals surface area contributed by atoms with Gasteiger partial charge >= 0.3 is 0 Å². The van der Waals surface area contributed by atoms with Crippen LogP contribution < -0.4 is 9.62 Å². The van der Waals surface area contributed by atoms with E-state index < -0.39 is 20.0 Å². The third kappa shape index (κ3) is 5.11. The van der Waals surface area contributed by atoms with Crippen LogP contribution in [0.3, 0.4) is 0 Å². The molecule has 0 bridgehead atoms. The monoisotopic (exact) mass is 440 g/mol. The van der Waals surface area contributed by atoms with Gasteiger partial charge < -0.3 is 9.64 Å². The number of pyridine rings is 1. The van der Waals surface area contributed by atoms with Gasteiger partial charge in [-0.15, -0.1) is 0 Å². The minimum absolute atomic E-state index is 0.00343. The zero-order valence-corrected chi connectivity index (χ0v) is 17.9. The van der Waals surface area contributed by atoms with Crippen LogP contribution in [0.2, 0.25) is 0 Å². The summed E-state index contributed by atoms with van der Waals surface area (Å²) in [6, 6.07) is 8.81. The molecule has 1 aliphatic rings. The normalized spacial score (nSPS) is 15.9. The van der Waals surface area contributed by atoms with E-state index >= 15 is 0 Å². The lowest BCUT2D eigenvalue weighted by Gasteiger charge is -2.26. The maximum atomic E-state index is 12.6. The summed E-state index contributed by atoms with van der Waals surface area (Å²) in [5, 5.41) is 0. The standard InChI is InChI=1S/C18H24N4O5S2/c1-21(2)18-8-3-15(13-19-18)14-20-28(23,24)16-4-6-17(7-5-16)29(25,26)22-9-11-27-12-10-22/h3-8,13,20H,9-12,14H2,1-2H3. The first-order chi connectivity index (χ1) is 13.7. The molecule has 0 aliphatic carbocycles. The SMILES string of the molecule is CN(C)c1ccc(CNS(=O)(=O)c2ccc(S(=O)(=O)N3CCOCC3)cc2)cn1. The summed E-state index contributed by atoms with van der Waals surface area (Å²) in [6.07, 6.45) is 1.61. The second kappa shape index (κ2) is 8.76. The van der Waals surface area contributed by atoms with Gasteiger partial charge in [0.25, 0.3) is 0 Å². The van der Waals surface area contributed by atoms with Crippen molar-refractivity contribution in [3.63, 3.8) is 0 Å². The largest absolute Gasteiger partial charge is 0.379 e. The number of morpholine rings is 1. The van der Waals surface area contributed by atoms with Gasteiger partial charge in [0, 0.05) is 39.9 Å². The lowest BCUT2D eigenvalue weighted by molar-refractivity contribution is 0.0730. The molecule has 1 saturated heterocycles. The molecule has 0 saturated carbocycles. The van der Waals surface area contributed by atoms with Crippen LogP contribution in [0.25, 0.3) is 0 Å². The van der Waals surface area contributed by atoms with E-state index in [1.54, 1.807) is 18.3 Å². The number of rotatable bonds is 7. The van der Waals surface area contributed by atoms with Gasteiger partial charge in [0.05, 0.1) is 23.0 Å². The third-order valence-electron chi connectivity index (χ3n) is 4.48. The summed E-state index contributed by atoms with van der Waals surface area (Å²) in [4.78, 5) is 6.15. The number of nitrogens with one attached hydrogen (secondary N) is 1. The maximum Gasteiger partial charge on any atom is 0.243 e. The molecule has 0 radical (unpaired) electrons. The Balaban J connectivity index is 1.69. The molecular weight excluding hydrogens is 416 g/mol. The van der Waals surface area contributed by atoms with Crippen molar-refractivity contribution < 1.29 is 21.6 Å². The van der Waals surface area contributed by atoms with Crippen LogP contribution in [-0.4, -0.2) is 66.5 Å². The van der Waals surface area contributed by atoms with Crippen molar-refractivity contribution in [1.82, 2.24) is 14.0 Å². The smallest absolute Gasteiger partial charge is 0.243 e. The Hall–Kier alpha value is -2.05. The quantitative estimate of drug-likeness (QED) is 0.673. The Kier molecular flexibility index (Phi) is 6.54. The van der Waals surface area contributed by atoms with Gasteiger partial charge in [0.2, 0.25) is 20.0 Å². The molecule has 0 amide bonds. The predicted octanol–water partition coefficient (Wildman–Crippen LogP) is 0.647. The van der Waals surface area contributed by atoms with Crippen LogP contribution in [0.5, 0.6) is 0 Å². The summed E-state index contributed by atoms with van der Waals surface area (Å²) in [6.45, 7) is 1.34. The molecule has 1 fully saturated rings. The Bertz CT molecular complexity index is 1030. The van der Waals surface area contributed by atoms with Crippen LogP contribution in [-0.2, 0) is 31.3 Å². The first-order valence-corrected chi connectivity index (χ1v) is 11.9. The number of anilines is 1. The fraction of sp³-hybridized carbons (Fsp3) is 0.389. The molecule has 11 heteroatoms. The van der Waals surface area contributed by atoms with E-state index in [0.717, 1.165) is 5.82 Å². The molecule has 0 spiro atoms. The van der Waals surface area contributed by atoms with Crippen LogP contribution >= 0.6 is 0 Å². The van der Waals surface area contributed by atoms with Gasteiger partial charge in [-0.2, -0.15) is 4.31 Å². The number of sulfonamides is 2. The van der Waals surface area contributed by atoms with Crippen LogP contribution in [0.1, 0.15) is 5.56 Å². The summed E-state index contributed by atoms with van der Waals surface area (Å²) in [7, 11) is -3.72. The van der Waals surface area contributed by atoms with Crippen LogP contribution in [0, 0.1) is 0 Å². The van der Waals surface area contributed by atoms with Crippen molar-refractivity contribution in [2.24, 2.45) is 0 Å². The lowest BCUT2D eigenvalue weighted by Crippen LogP contribution is -2.40. The molecule has 2 aromatic rings. The van der Waals surface area contributed by atoms with Crippen molar-refractivity contribution in [2.75, 3.05) is 45.3 Å². The fourth-order valence-electron chi connectivity index (χ4n) is 2.77. The van der Waals surface area contributed by atoms with Gasteiger partial charge in [-0.05, 0) is 35.9 Å². The van der Waals surface area contributed by atoms with Gasteiger partial charge in [-0.1, -0.05) is 6.07 Å². The minimum atomic E-state index is -3.79. The Morgan fingerprint density at radius 1 is 1.00 bits per heavy atom. The second-order valence-electron chi connectivity index (χ2n) is 6.73. The van der Waals surface area contributed by atoms with Gasteiger partial charge in [0.15, 0.2) is 0 Å². The molecule has 29 heavy (non-hydrogen) atoms. The zero-order chi connectivity index (χ0) is 21.1. The van der Waals surface area contributed by atoms with Gasteiger partial charge in [0.1, 0.15) is 5.82 Å². The van der Waals surface area contributed by atoms with E-state index in [0.29, 0.717) is 18.8 Å². The zero-order valence-electron chi connectivity index (χ0n) is 16.3. The minimum Gasteiger partial charge on any atom is -0.379 e. The highest BCUT2D eigenvalue weighted by atomic mass is 32.2. The topological polar surface area (TPSA) is 109 Å². The van der Waals surface area contributed by atoms with E-state index in [1.165, 1.54) is 28.6 Å². The first kappa shape index (κ1) is 21.7. The van der Waals surface area contributed by atoms with Gasteiger partial charge in [-0.3, -0.25) is 0 Å². The van der Waals surface area contributed by atoms with Gasteiger partial charge in [-0.25, -0.2) is 26.5 Å². The first-order valence-electron chi connectivity index (χ1n) is 9.00.